The summed E-state index contributed by atoms with van der Waals surface area (Å²) in [5, 5.41) is 9.03. The third-order valence-corrected chi connectivity index (χ3v) is 3.60. The van der Waals surface area contributed by atoms with E-state index < -0.39 is 11.6 Å². The Balaban J connectivity index is 1.79. The summed E-state index contributed by atoms with van der Waals surface area (Å²) in [5.74, 6) is -0.495. The maximum Gasteiger partial charge on any atom is 0.162 e. The second kappa shape index (κ2) is 6.14. The van der Waals surface area contributed by atoms with E-state index in [4.69, 9.17) is 9.84 Å². The molecule has 0 atom stereocenters. The molecule has 18 heavy (non-hydrogen) atoms. The molecule has 1 saturated carbocycles. The zero-order chi connectivity index (χ0) is 13.0. The van der Waals surface area contributed by atoms with Crippen LogP contribution >= 0.6 is 0 Å². The van der Waals surface area contributed by atoms with E-state index in [0.29, 0.717) is 24.2 Å². The molecule has 0 heterocycles. The SMILES string of the molecule is OCC1CCC(COc2ccc(F)c(F)c2)CC1. The lowest BCUT2D eigenvalue weighted by atomic mass is 9.83. The van der Waals surface area contributed by atoms with Crippen molar-refractivity contribution >= 4 is 0 Å². The number of rotatable bonds is 4. The molecule has 0 radical (unpaired) electrons. The molecular weight excluding hydrogens is 238 g/mol. The predicted octanol–water partition coefficient (Wildman–Crippen LogP) is 3.14. The largest absolute Gasteiger partial charge is 0.493 e. The third-order valence-electron chi connectivity index (χ3n) is 3.60. The Bertz CT molecular complexity index is 387. The van der Waals surface area contributed by atoms with E-state index in [1.807, 2.05) is 0 Å². The van der Waals surface area contributed by atoms with Crippen molar-refractivity contribution in [3.8, 4) is 5.75 Å². The molecule has 2 rings (SSSR count). The topological polar surface area (TPSA) is 29.5 Å². The van der Waals surface area contributed by atoms with Crippen molar-refractivity contribution in [3.05, 3.63) is 29.8 Å². The second-order valence-electron chi connectivity index (χ2n) is 4.96. The average Bonchev–Trinajstić information content (AvgIpc) is 2.41. The highest BCUT2D eigenvalue weighted by atomic mass is 19.2. The summed E-state index contributed by atoms with van der Waals surface area (Å²) in [6.07, 6.45) is 4.08. The first-order chi connectivity index (χ1) is 8.69. The molecule has 4 heteroatoms. The van der Waals surface area contributed by atoms with E-state index in [1.165, 1.54) is 6.07 Å². The maximum absolute atomic E-state index is 13.0. The van der Waals surface area contributed by atoms with Gasteiger partial charge < -0.3 is 9.84 Å². The summed E-state index contributed by atoms with van der Waals surface area (Å²) in [6.45, 7) is 0.792. The minimum atomic E-state index is -0.878. The van der Waals surface area contributed by atoms with Crippen molar-refractivity contribution in [2.24, 2.45) is 11.8 Å². The summed E-state index contributed by atoms with van der Waals surface area (Å²) < 4.78 is 31.2. The first-order valence-corrected chi connectivity index (χ1v) is 6.37. The van der Waals surface area contributed by atoms with Crippen LogP contribution in [0.2, 0.25) is 0 Å². The standard InChI is InChI=1S/C14H18F2O2/c15-13-6-5-12(7-14(13)16)18-9-11-3-1-10(8-17)2-4-11/h5-7,10-11,17H,1-4,8-9H2. The normalized spacial score (nSPS) is 23.9. The van der Waals surface area contributed by atoms with E-state index in [1.54, 1.807) is 0 Å². The van der Waals surface area contributed by atoms with Crippen molar-refractivity contribution in [1.29, 1.82) is 0 Å². The van der Waals surface area contributed by atoms with Crippen LogP contribution in [-0.4, -0.2) is 18.3 Å². The van der Waals surface area contributed by atoms with Gasteiger partial charge in [0, 0.05) is 12.7 Å². The molecule has 1 aromatic rings. The van der Waals surface area contributed by atoms with Gasteiger partial charge in [0.15, 0.2) is 11.6 Å². The summed E-state index contributed by atoms with van der Waals surface area (Å²) in [5.41, 5.74) is 0. The van der Waals surface area contributed by atoms with Crippen LogP contribution in [0.5, 0.6) is 5.75 Å². The smallest absolute Gasteiger partial charge is 0.162 e. The molecule has 1 fully saturated rings. The summed E-state index contributed by atoms with van der Waals surface area (Å²) >= 11 is 0. The number of ether oxygens (including phenoxy) is 1. The highest BCUT2D eigenvalue weighted by Gasteiger charge is 2.21. The van der Waals surface area contributed by atoms with Gasteiger partial charge in [0.05, 0.1) is 6.61 Å². The van der Waals surface area contributed by atoms with Gasteiger partial charge in [0.1, 0.15) is 5.75 Å². The van der Waals surface area contributed by atoms with E-state index in [9.17, 15) is 8.78 Å². The molecule has 0 aliphatic heterocycles. The molecule has 0 aromatic heterocycles. The van der Waals surface area contributed by atoms with Gasteiger partial charge in [-0.2, -0.15) is 0 Å². The fourth-order valence-electron chi connectivity index (χ4n) is 2.36. The highest BCUT2D eigenvalue weighted by molar-refractivity contribution is 5.23. The third kappa shape index (κ3) is 3.42. The molecule has 100 valence electrons. The van der Waals surface area contributed by atoms with E-state index >= 15 is 0 Å². The minimum absolute atomic E-state index is 0.261. The molecule has 0 spiro atoms. The molecule has 0 bridgehead atoms. The van der Waals surface area contributed by atoms with E-state index in [-0.39, 0.29) is 6.61 Å². The fraction of sp³-hybridized carbons (Fsp3) is 0.571. The van der Waals surface area contributed by atoms with Crippen molar-refractivity contribution in [2.75, 3.05) is 13.2 Å². The Morgan fingerprint density at radius 2 is 1.72 bits per heavy atom. The summed E-state index contributed by atoms with van der Waals surface area (Å²) in [4.78, 5) is 0. The van der Waals surface area contributed by atoms with Crippen molar-refractivity contribution in [3.63, 3.8) is 0 Å². The first kappa shape index (κ1) is 13.3. The van der Waals surface area contributed by atoms with Gasteiger partial charge >= 0.3 is 0 Å². The van der Waals surface area contributed by atoms with Crippen LogP contribution in [0.4, 0.5) is 8.78 Å². The Labute approximate surface area is 106 Å². The Morgan fingerprint density at radius 3 is 2.33 bits per heavy atom. The Hall–Kier alpha value is -1.16. The van der Waals surface area contributed by atoms with Crippen LogP contribution in [0, 0.1) is 23.5 Å². The van der Waals surface area contributed by atoms with Crippen LogP contribution < -0.4 is 4.74 Å². The molecule has 0 saturated heterocycles. The van der Waals surface area contributed by atoms with E-state index in [2.05, 4.69) is 0 Å². The molecule has 1 aromatic carbocycles. The summed E-state index contributed by atoms with van der Waals surface area (Å²) in [6, 6.07) is 3.60. The molecular formula is C14H18F2O2. The van der Waals surface area contributed by atoms with Crippen LogP contribution in [0.1, 0.15) is 25.7 Å². The molecule has 0 unspecified atom stereocenters. The van der Waals surface area contributed by atoms with Crippen LogP contribution in [0.15, 0.2) is 18.2 Å². The zero-order valence-corrected chi connectivity index (χ0v) is 10.2. The maximum atomic E-state index is 13.0. The number of benzene rings is 1. The number of hydrogen-bond acceptors (Lipinski definition) is 2. The lowest BCUT2D eigenvalue weighted by molar-refractivity contribution is 0.139. The second-order valence-corrected chi connectivity index (χ2v) is 4.96. The molecule has 0 amide bonds. The molecule has 1 N–H and O–H groups in total. The quantitative estimate of drug-likeness (QED) is 0.896. The predicted molar refractivity (Wildman–Crippen MR) is 64.4 cm³/mol. The zero-order valence-electron chi connectivity index (χ0n) is 10.2. The van der Waals surface area contributed by atoms with Crippen LogP contribution in [0.3, 0.4) is 0 Å². The lowest BCUT2D eigenvalue weighted by Gasteiger charge is -2.27. The van der Waals surface area contributed by atoms with E-state index in [0.717, 1.165) is 37.8 Å². The van der Waals surface area contributed by atoms with Gasteiger partial charge in [-0.1, -0.05) is 0 Å². The van der Waals surface area contributed by atoms with Crippen molar-refractivity contribution in [1.82, 2.24) is 0 Å². The average molecular weight is 256 g/mol. The first-order valence-electron chi connectivity index (χ1n) is 6.37. The van der Waals surface area contributed by atoms with Crippen LogP contribution in [0.25, 0.3) is 0 Å². The number of hydrogen-bond donors (Lipinski definition) is 1. The number of halogens is 2. The van der Waals surface area contributed by atoms with Crippen LogP contribution in [-0.2, 0) is 0 Å². The van der Waals surface area contributed by atoms with Crippen molar-refractivity contribution in [2.45, 2.75) is 25.7 Å². The monoisotopic (exact) mass is 256 g/mol. The van der Waals surface area contributed by atoms with Gasteiger partial charge in [-0.15, -0.1) is 0 Å². The van der Waals surface area contributed by atoms with Gasteiger partial charge in [-0.25, -0.2) is 8.78 Å². The van der Waals surface area contributed by atoms with Gasteiger partial charge in [0.2, 0.25) is 0 Å². The fourth-order valence-corrected chi connectivity index (χ4v) is 2.36. The van der Waals surface area contributed by atoms with Crippen molar-refractivity contribution < 1.29 is 18.6 Å². The highest BCUT2D eigenvalue weighted by Crippen LogP contribution is 2.29. The number of aliphatic hydroxyl groups is 1. The minimum Gasteiger partial charge on any atom is -0.493 e. The Kier molecular flexibility index (Phi) is 4.53. The molecule has 1 aliphatic carbocycles. The summed E-state index contributed by atoms with van der Waals surface area (Å²) in [7, 11) is 0. The van der Waals surface area contributed by atoms with Gasteiger partial charge in [0.25, 0.3) is 0 Å². The Morgan fingerprint density at radius 1 is 1.06 bits per heavy atom. The number of aliphatic hydroxyl groups excluding tert-OH is 1. The lowest BCUT2D eigenvalue weighted by Crippen LogP contribution is -2.21. The van der Waals surface area contributed by atoms with Gasteiger partial charge in [-0.3, -0.25) is 0 Å². The molecule has 1 aliphatic rings. The molecule has 2 nitrogen and oxygen atoms in total. The van der Waals surface area contributed by atoms with Gasteiger partial charge in [-0.05, 0) is 49.7 Å².